The van der Waals surface area contributed by atoms with Crippen molar-refractivity contribution in [3.63, 3.8) is 0 Å². The number of amides is 1. The van der Waals surface area contributed by atoms with E-state index in [-0.39, 0.29) is 5.91 Å². The number of anilines is 1. The van der Waals surface area contributed by atoms with Gasteiger partial charge in [0.1, 0.15) is 5.75 Å². The summed E-state index contributed by atoms with van der Waals surface area (Å²) in [5, 5.41) is 6.06. The van der Waals surface area contributed by atoms with Crippen LogP contribution >= 0.6 is 22.9 Å². The molecular weight excluding hydrogens is 368 g/mol. The van der Waals surface area contributed by atoms with Gasteiger partial charge in [0.25, 0.3) is 5.91 Å². The van der Waals surface area contributed by atoms with Crippen LogP contribution in [0.4, 0.5) is 5.13 Å². The van der Waals surface area contributed by atoms with E-state index in [4.69, 9.17) is 16.3 Å². The van der Waals surface area contributed by atoms with Crippen molar-refractivity contribution in [2.75, 3.05) is 12.4 Å². The molecule has 0 fully saturated rings. The zero-order valence-electron chi connectivity index (χ0n) is 14.2. The predicted octanol–water partition coefficient (Wildman–Crippen LogP) is 5.67. The number of halogens is 1. The monoisotopic (exact) mass is 382 g/mol. The minimum absolute atomic E-state index is 0.255. The van der Waals surface area contributed by atoms with Crippen molar-refractivity contribution < 1.29 is 9.53 Å². The zero-order chi connectivity index (χ0) is 18.3. The Morgan fingerprint density at radius 2 is 1.88 bits per heavy atom. The van der Waals surface area contributed by atoms with Gasteiger partial charge in [-0.15, -0.1) is 0 Å². The summed E-state index contributed by atoms with van der Waals surface area (Å²) in [6, 6.07) is 15.3. The van der Waals surface area contributed by atoms with E-state index in [0.717, 1.165) is 26.6 Å². The Hall–Kier alpha value is -2.63. The molecule has 1 heterocycles. The minimum Gasteiger partial charge on any atom is -0.496 e. The molecule has 1 aromatic heterocycles. The summed E-state index contributed by atoms with van der Waals surface area (Å²) in [5.74, 6) is 0.274. The fourth-order valence-electron chi connectivity index (χ4n) is 2.83. The van der Waals surface area contributed by atoms with Gasteiger partial charge >= 0.3 is 0 Å². The topological polar surface area (TPSA) is 51.2 Å². The van der Waals surface area contributed by atoms with Crippen molar-refractivity contribution in [1.82, 2.24) is 4.98 Å². The molecular formula is C20H15ClN2O2S. The maximum Gasteiger partial charge on any atom is 0.261 e. The second kappa shape index (κ2) is 6.59. The molecule has 0 aliphatic rings. The van der Waals surface area contributed by atoms with Crippen LogP contribution in [0.25, 0.3) is 21.0 Å². The molecule has 0 saturated heterocycles. The SMILES string of the molecule is COc1cc2ccccc2cc1C(=O)Nc1nc2cc(Cl)c(C)cc2s1. The highest BCUT2D eigenvalue weighted by atomic mass is 35.5. The number of fused-ring (bicyclic) bond motifs is 2. The number of methoxy groups -OCH3 is 1. The van der Waals surface area contributed by atoms with Crippen LogP contribution in [-0.2, 0) is 0 Å². The van der Waals surface area contributed by atoms with Crippen LogP contribution in [0.5, 0.6) is 5.75 Å². The summed E-state index contributed by atoms with van der Waals surface area (Å²) < 4.78 is 6.39. The summed E-state index contributed by atoms with van der Waals surface area (Å²) in [5.41, 5.74) is 2.22. The highest BCUT2D eigenvalue weighted by Gasteiger charge is 2.16. The molecule has 3 aromatic carbocycles. The number of nitrogens with zero attached hydrogens (tertiary/aromatic N) is 1. The average molecular weight is 383 g/mol. The van der Waals surface area contributed by atoms with Crippen molar-refractivity contribution in [2.24, 2.45) is 0 Å². The van der Waals surface area contributed by atoms with E-state index in [1.165, 1.54) is 11.3 Å². The lowest BCUT2D eigenvalue weighted by molar-refractivity contribution is 0.102. The van der Waals surface area contributed by atoms with Gasteiger partial charge in [-0.2, -0.15) is 0 Å². The Kier molecular flexibility index (Phi) is 4.26. The van der Waals surface area contributed by atoms with E-state index >= 15 is 0 Å². The van der Waals surface area contributed by atoms with Gasteiger partial charge in [0.15, 0.2) is 5.13 Å². The second-order valence-corrected chi connectivity index (χ2v) is 7.38. The van der Waals surface area contributed by atoms with Crippen molar-refractivity contribution in [2.45, 2.75) is 6.92 Å². The summed E-state index contributed by atoms with van der Waals surface area (Å²) in [4.78, 5) is 17.3. The number of hydrogen-bond donors (Lipinski definition) is 1. The predicted molar refractivity (Wildman–Crippen MR) is 108 cm³/mol. The smallest absolute Gasteiger partial charge is 0.261 e. The van der Waals surface area contributed by atoms with E-state index in [1.807, 2.05) is 55.5 Å². The molecule has 4 nitrogen and oxygen atoms in total. The maximum atomic E-state index is 12.8. The number of rotatable bonds is 3. The lowest BCUT2D eigenvalue weighted by Crippen LogP contribution is -2.13. The average Bonchev–Trinajstić information content (AvgIpc) is 3.01. The zero-order valence-corrected chi connectivity index (χ0v) is 15.7. The number of benzene rings is 3. The van der Waals surface area contributed by atoms with Crippen LogP contribution in [0.15, 0.2) is 48.5 Å². The van der Waals surface area contributed by atoms with E-state index in [9.17, 15) is 4.79 Å². The third-order valence-electron chi connectivity index (χ3n) is 4.20. The molecule has 0 atom stereocenters. The van der Waals surface area contributed by atoms with Crippen molar-refractivity contribution in [3.05, 3.63) is 64.7 Å². The number of aryl methyl sites for hydroxylation is 1. The van der Waals surface area contributed by atoms with Crippen LogP contribution in [0, 0.1) is 6.92 Å². The number of aromatic nitrogens is 1. The second-order valence-electron chi connectivity index (χ2n) is 5.94. The molecule has 1 amide bonds. The molecule has 0 saturated carbocycles. The first-order valence-electron chi connectivity index (χ1n) is 8.00. The third kappa shape index (κ3) is 3.00. The minimum atomic E-state index is -0.255. The van der Waals surface area contributed by atoms with Gasteiger partial charge in [-0.25, -0.2) is 4.98 Å². The molecule has 0 radical (unpaired) electrons. The molecule has 1 N–H and O–H groups in total. The van der Waals surface area contributed by atoms with Crippen molar-refractivity contribution in [1.29, 1.82) is 0 Å². The van der Waals surface area contributed by atoms with Crippen LogP contribution in [-0.4, -0.2) is 18.0 Å². The highest BCUT2D eigenvalue weighted by molar-refractivity contribution is 7.22. The Morgan fingerprint density at radius 3 is 2.62 bits per heavy atom. The Labute approximate surface area is 159 Å². The fraction of sp³-hybridized carbons (Fsp3) is 0.100. The molecule has 6 heteroatoms. The van der Waals surface area contributed by atoms with E-state index in [2.05, 4.69) is 10.3 Å². The molecule has 0 bridgehead atoms. The summed E-state index contributed by atoms with van der Waals surface area (Å²) in [6.07, 6.45) is 0. The van der Waals surface area contributed by atoms with Crippen LogP contribution < -0.4 is 10.1 Å². The molecule has 0 unspecified atom stereocenters. The number of hydrogen-bond acceptors (Lipinski definition) is 4. The molecule has 26 heavy (non-hydrogen) atoms. The first-order chi connectivity index (χ1) is 12.5. The Morgan fingerprint density at radius 1 is 1.15 bits per heavy atom. The van der Waals surface area contributed by atoms with Gasteiger partial charge in [-0.1, -0.05) is 47.2 Å². The molecule has 4 aromatic rings. The van der Waals surface area contributed by atoms with Crippen molar-refractivity contribution in [3.8, 4) is 5.75 Å². The lowest BCUT2D eigenvalue weighted by Gasteiger charge is -2.09. The molecule has 130 valence electrons. The van der Waals surface area contributed by atoms with E-state index in [0.29, 0.717) is 21.5 Å². The van der Waals surface area contributed by atoms with E-state index in [1.54, 1.807) is 7.11 Å². The summed E-state index contributed by atoms with van der Waals surface area (Å²) in [6.45, 7) is 1.94. The quantitative estimate of drug-likeness (QED) is 0.496. The van der Waals surface area contributed by atoms with Crippen LogP contribution in [0.1, 0.15) is 15.9 Å². The number of thiazole rings is 1. The summed E-state index contributed by atoms with van der Waals surface area (Å²) >= 11 is 7.57. The van der Waals surface area contributed by atoms with Gasteiger partial charge in [-0.3, -0.25) is 10.1 Å². The van der Waals surface area contributed by atoms with Crippen LogP contribution in [0.3, 0.4) is 0 Å². The Balaban J connectivity index is 1.71. The summed E-state index contributed by atoms with van der Waals surface area (Å²) in [7, 11) is 1.56. The molecule has 0 aliphatic heterocycles. The third-order valence-corrected chi connectivity index (χ3v) is 5.54. The first-order valence-corrected chi connectivity index (χ1v) is 9.19. The van der Waals surface area contributed by atoms with Gasteiger partial charge in [0, 0.05) is 5.02 Å². The lowest BCUT2D eigenvalue weighted by atomic mass is 10.1. The van der Waals surface area contributed by atoms with Crippen LogP contribution in [0.2, 0.25) is 5.02 Å². The van der Waals surface area contributed by atoms with Gasteiger partial charge < -0.3 is 4.74 Å². The van der Waals surface area contributed by atoms with E-state index < -0.39 is 0 Å². The van der Waals surface area contributed by atoms with Gasteiger partial charge in [0.2, 0.25) is 0 Å². The number of carbonyl (C=O) groups is 1. The standard InChI is InChI=1S/C20H15ClN2O2S/c1-11-7-18-16(10-15(11)21)22-20(26-18)23-19(24)14-8-12-5-3-4-6-13(12)9-17(14)25-2/h3-10H,1-2H3,(H,22,23,24). The Bertz CT molecular complexity index is 1110. The number of carbonyl (C=O) groups excluding carboxylic acids is 1. The molecule has 4 rings (SSSR count). The molecule has 0 aliphatic carbocycles. The molecule has 0 spiro atoms. The van der Waals surface area contributed by atoms with Gasteiger partial charge in [0.05, 0.1) is 22.9 Å². The largest absolute Gasteiger partial charge is 0.496 e. The number of nitrogens with one attached hydrogen (secondary N) is 1. The van der Waals surface area contributed by atoms with Crippen molar-refractivity contribution >= 4 is 55.0 Å². The number of ether oxygens (including phenoxy) is 1. The normalized spacial score (nSPS) is 11.0. The maximum absolute atomic E-state index is 12.8. The highest BCUT2D eigenvalue weighted by Crippen LogP contribution is 2.32. The van der Waals surface area contributed by atoms with Gasteiger partial charge in [-0.05, 0) is 47.5 Å². The fourth-order valence-corrected chi connectivity index (χ4v) is 3.93. The first kappa shape index (κ1) is 16.8.